The summed E-state index contributed by atoms with van der Waals surface area (Å²) in [6.45, 7) is 4.05. The van der Waals surface area contributed by atoms with E-state index < -0.39 is 12.0 Å². The van der Waals surface area contributed by atoms with Gasteiger partial charge in [-0.25, -0.2) is 15.8 Å². The van der Waals surface area contributed by atoms with Gasteiger partial charge in [0.15, 0.2) is 0 Å². The second-order valence-electron chi connectivity index (χ2n) is 4.99. The zero-order valence-electron chi connectivity index (χ0n) is 9.97. The van der Waals surface area contributed by atoms with E-state index in [9.17, 15) is 13.2 Å². The molecule has 1 aliphatic carbocycles. The monoisotopic (exact) mass is 261 g/mol. The van der Waals surface area contributed by atoms with Crippen LogP contribution < -0.4 is 16.6 Å². The molecule has 5 nitrogen and oxygen atoms in total. The molecule has 1 fully saturated rings. The van der Waals surface area contributed by atoms with Crippen molar-refractivity contribution in [1.82, 2.24) is 9.97 Å². The van der Waals surface area contributed by atoms with Crippen molar-refractivity contribution in [2.75, 3.05) is 10.7 Å². The number of nitrogen functional groups attached to an aromatic ring is 1. The molecule has 8 heteroatoms. The number of hydrogen-bond acceptors (Lipinski definition) is 5. The van der Waals surface area contributed by atoms with Gasteiger partial charge < -0.3 is 10.7 Å². The fraction of sp³-hybridized carbons (Fsp3) is 0.600. The van der Waals surface area contributed by atoms with E-state index in [0.29, 0.717) is 0 Å². The predicted molar refractivity (Wildman–Crippen MR) is 60.7 cm³/mol. The Bertz CT molecular complexity index is 457. The third-order valence-electron chi connectivity index (χ3n) is 2.96. The first kappa shape index (κ1) is 12.9. The van der Waals surface area contributed by atoms with Crippen molar-refractivity contribution >= 4 is 11.6 Å². The fourth-order valence-corrected chi connectivity index (χ4v) is 1.61. The third-order valence-corrected chi connectivity index (χ3v) is 2.96. The number of nitrogens with zero attached hydrogens (tertiary/aromatic N) is 2. The number of hydrazine groups is 1. The summed E-state index contributed by atoms with van der Waals surface area (Å²) in [6.07, 6.45) is -3.70. The molecule has 1 aromatic heterocycles. The van der Waals surface area contributed by atoms with Crippen LogP contribution in [0.15, 0.2) is 6.07 Å². The minimum absolute atomic E-state index is 0.0710. The molecule has 1 unspecified atom stereocenters. The van der Waals surface area contributed by atoms with Crippen LogP contribution in [0.2, 0.25) is 0 Å². The van der Waals surface area contributed by atoms with Gasteiger partial charge in [-0.05, 0) is 11.8 Å². The molecule has 1 aromatic rings. The van der Waals surface area contributed by atoms with Gasteiger partial charge in [0.05, 0.1) is 0 Å². The molecule has 4 N–H and O–H groups in total. The van der Waals surface area contributed by atoms with E-state index >= 15 is 0 Å². The zero-order chi connectivity index (χ0) is 13.6. The van der Waals surface area contributed by atoms with Gasteiger partial charge in [0.2, 0.25) is 5.82 Å². The van der Waals surface area contributed by atoms with E-state index in [1.807, 2.05) is 13.8 Å². The predicted octanol–water partition coefficient (Wildman–Crippen LogP) is 1.99. The Morgan fingerprint density at radius 3 is 2.33 bits per heavy atom. The maximum Gasteiger partial charge on any atom is 0.451 e. The maximum absolute atomic E-state index is 12.6. The van der Waals surface area contributed by atoms with E-state index in [2.05, 4.69) is 20.7 Å². The van der Waals surface area contributed by atoms with Crippen molar-refractivity contribution in [2.45, 2.75) is 32.5 Å². The molecule has 0 radical (unpaired) electrons. The van der Waals surface area contributed by atoms with Crippen LogP contribution in [0, 0.1) is 5.41 Å². The second kappa shape index (κ2) is 3.98. The second-order valence-corrected chi connectivity index (χ2v) is 4.99. The zero-order valence-corrected chi connectivity index (χ0v) is 9.97. The molecule has 1 saturated carbocycles. The summed E-state index contributed by atoms with van der Waals surface area (Å²) in [5, 5.41) is 2.95. The molecule has 0 aliphatic heterocycles. The summed E-state index contributed by atoms with van der Waals surface area (Å²) in [5.74, 6) is 3.94. The molecule has 18 heavy (non-hydrogen) atoms. The number of nitrogens with one attached hydrogen (secondary N) is 2. The molecule has 0 saturated heterocycles. The molecule has 0 spiro atoms. The lowest BCUT2D eigenvalue weighted by Gasteiger charge is -2.12. The van der Waals surface area contributed by atoms with Gasteiger partial charge in [-0.3, -0.25) is 0 Å². The Morgan fingerprint density at radius 1 is 1.33 bits per heavy atom. The molecule has 1 aliphatic rings. The molecule has 0 bridgehead atoms. The Balaban J connectivity index is 2.25. The molecule has 2 rings (SSSR count). The Labute approximate surface area is 102 Å². The first-order chi connectivity index (χ1) is 8.22. The highest BCUT2D eigenvalue weighted by Crippen LogP contribution is 2.46. The van der Waals surface area contributed by atoms with Crippen LogP contribution in [0.4, 0.5) is 24.8 Å². The summed E-state index contributed by atoms with van der Waals surface area (Å²) in [7, 11) is 0. The third kappa shape index (κ3) is 2.63. The standard InChI is InChI=1S/C10H14F3N5/c1-9(2)4-5(9)15-6-3-7(18-14)17-8(16-6)10(11,12)13/h3,5H,4,14H2,1-2H3,(H2,15,16,17,18). The number of alkyl halides is 3. The lowest BCUT2D eigenvalue weighted by atomic mass is 10.2. The summed E-state index contributed by atoms with van der Waals surface area (Å²) in [4.78, 5) is 6.73. The van der Waals surface area contributed by atoms with Crippen LogP contribution in [-0.4, -0.2) is 16.0 Å². The van der Waals surface area contributed by atoms with Crippen molar-refractivity contribution in [3.05, 3.63) is 11.9 Å². The SMILES string of the molecule is CC1(C)CC1Nc1cc(NN)nc(C(F)(F)F)n1. The van der Waals surface area contributed by atoms with Crippen LogP contribution in [0.5, 0.6) is 0 Å². The highest BCUT2D eigenvalue weighted by atomic mass is 19.4. The quantitative estimate of drug-likeness (QED) is 0.573. The first-order valence-corrected chi connectivity index (χ1v) is 5.42. The van der Waals surface area contributed by atoms with Crippen LogP contribution in [0.1, 0.15) is 26.1 Å². The largest absolute Gasteiger partial charge is 0.451 e. The number of aromatic nitrogens is 2. The number of halogens is 3. The van der Waals surface area contributed by atoms with Crippen molar-refractivity contribution in [3.8, 4) is 0 Å². The van der Waals surface area contributed by atoms with Gasteiger partial charge in [-0.2, -0.15) is 13.2 Å². The summed E-state index contributed by atoms with van der Waals surface area (Å²) < 4.78 is 37.7. The van der Waals surface area contributed by atoms with Crippen molar-refractivity contribution in [1.29, 1.82) is 0 Å². The van der Waals surface area contributed by atoms with E-state index in [-0.39, 0.29) is 23.1 Å². The average molecular weight is 261 g/mol. The highest BCUT2D eigenvalue weighted by molar-refractivity contribution is 5.49. The van der Waals surface area contributed by atoms with Gasteiger partial charge in [0, 0.05) is 12.1 Å². The molecular formula is C10H14F3N5. The van der Waals surface area contributed by atoms with Crippen LogP contribution in [-0.2, 0) is 6.18 Å². The van der Waals surface area contributed by atoms with Crippen molar-refractivity contribution in [3.63, 3.8) is 0 Å². The van der Waals surface area contributed by atoms with Crippen molar-refractivity contribution < 1.29 is 13.2 Å². The number of nitrogens with two attached hydrogens (primary N) is 1. The van der Waals surface area contributed by atoms with Crippen LogP contribution >= 0.6 is 0 Å². The topological polar surface area (TPSA) is 75.9 Å². The normalized spacial score (nSPS) is 21.6. The summed E-state index contributed by atoms with van der Waals surface area (Å²) >= 11 is 0. The van der Waals surface area contributed by atoms with E-state index in [4.69, 9.17) is 5.84 Å². The van der Waals surface area contributed by atoms with E-state index in [1.54, 1.807) is 0 Å². The first-order valence-electron chi connectivity index (χ1n) is 5.42. The smallest absolute Gasteiger partial charge is 0.367 e. The Morgan fingerprint density at radius 2 is 1.89 bits per heavy atom. The lowest BCUT2D eigenvalue weighted by molar-refractivity contribution is -0.144. The van der Waals surface area contributed by atoms with E-state index in [1.165, 1.54) is 6.07 Å². The molecule has 1 heterocycles. The molecular weight excluding hydrogens is 247 g/mol. The molecule has 1 atom stereocenters. The van der Waals surface area contributed by atoms with Gasteiger partial charge in [-0.15, -0.1) is 0 Å². The van der Waals surface area contributed by atoms with Crippen LogP contribution in [0.25, 0.3) is 0 Å². The fourth-order valence-electron chi connectivity index (χ4n) is 1.61. The summed E-state index contributed by atoms with van der Waals surface area (Å²) in [5.41, 5.74) is 2.19. The van der Waals surface area contributed by atoms with Crippen molar-refractivity contribution in [2.24, 2.45) is 11.3 Å². The highest BCUT2D eigenvalue weighted by Gasteiger charge is 2.46. The number of anilines is 2. The minimum atomic E-state index is -4.59. The Hall–Kier alpha value is -1.57. The van der Waals surface area contributed by atoms with Gasteiger partial charge >= 0.3 is 6.18 Å². The lowest BCUT2D eigenvalue weighted by Crippen LogP contribution is -2.18. The van der Waals surface area contributed by atoms with Gasteiger partial charge in [0.25, 0.3) is 0 Å². The van der Waals surface area contributed by atoms with E-state index in [0.717, 1.165) is 6.42 Å². The molecule has 0 aromatic carbocycles. The molecule has 100 valence electrons. The summed E-state index contributed by atoms with van der Waals surface area (Å²) in [6, 6.07) is 1.48. The molecule has 0 amide bonds. The maximum atomic E-state index is 12.6. The van der Waals surface area contributed by atoms with Gasteiger partial charge in [-0.1, -0.05) is 13.8 Å². The number of hydrogen-bond donors (Lipinski definition) is 3. The number of rotatable bonds is 3. The van der Waals surface area contributed by atoms with Gasteiger partial charge in [0.1, 0.15) is 11.6 Å². The minimum Gasteiger partial charge on any atom is -0.367 e. The van der Waals surface area contributed by atoms with Crippen LogP contribution in [0.3, 0.4) is 0 Å². The Kier molecular flexibility index (Phi) is 2.84. The average Bonchev–Trinajstić information content (AvgIpc) is 2.84.